The Morgan fingerprint density at radius 2 is 1.79 bits per heavy atom. The van der Waals surface area contributed by atoms with Crippen LogP contribution >= 0.6 is 11.6 Å². The summed E-state index contributed by atoms with van der Waals surface area (Å²) in [6.07, 6.45) is 1.77. The fourth-order valence-corrected chi connectivity index (χ4v) is 3.62. The first-order valence-corrected chi connectivity index (χ1v) is 9.36. The van der Waals surface area contributed by atoms with Gasteiger partial charge in [-0.25, -0.2) is 0 Å². The number of nitrogens with zero attached hydrogens (tertiary/aromatic N) is 2. The maximum atomic E-state index is 12.9. The molecule has 1 aliphatic rings. The SMILES string of the molecule is O=C(CC1c2ncccc2C(=O)N1c1ccccc1)NCc1ccccc1Cl. The predicted octanol–water partition coefficient (Wildman–Crippen LogP) is 4.14. The minimum atomic E-state index is -0.447. The van der Waals surface area contributed by atoms with Crippen LogP contribution in [0.1, 0.15) is 34.1 Å². The van der Waals surface area contributed by atoms with Crippen LogP contribution in [-0.2, 0) is 11.3 Å². The van der Waals surface area contributed by atoms with Gasteiger partial charge in [0.15, 0.2) is 0 Å². The fraction of sp³-hybridized carbons (Fsp3) is 0.136. The molecule has 1 aromatic heterocycles. The van der Waals surface area contributed by atoms with Crippen LogP contribution in [-0.4, -0.2) is 16.8 Å². The molecule has 0 saturated carbocycles. The molecule has 0 saturated heterocycles. The van der Waals surface area contributed by atoms with Crippen molar-refractivity contribution in [2.75, 3.05) is 4.90 Å². The summed E-state index contributed by atoms with van der Waals surface area (Å²) in [6, 6.07) is 19.8. The first kappa shape index (κ1) is 18.2. The predicted molar refractivity (Wildman–Crippen MR) is 108 cm³/mol. The molecule has 2 amide bonds. The molecule has 1 aliphatic heterocycles. The Morgan fingerprint density at radius 1 is 1.04 bits per heavy atom. The number of anilines is 1. The van der Waals surface area contributed by atoms with Crippen LogP contribution in [0.5, 0.6) is 0 Å². The van der Waals surface area contributed by atoms with Crippen molar-refractivity contribution in [3.05, 3.63) is 94.8 Å². The molecule has 0 fully saturated rings. The van der Waals surface area contributed by atoms with E-state index in [0.717, 1.165) is 11.3 Å². The Bertz CT molecular complexity index is 1020. The number of aromatic nitrogens is 1. The normalized spacial score (nSPS) is 15.4. The molecule has 3 aromatic rings. The number of amides is 2. The average molecular weight is 392 g/mol. The van der Waals surface area contributed by atoms with Crippen molar-refractivity contribution in [3.63, 3.8) is 0 Å². The van der Waals surface area contributed by atoms with Crippen LogP contribution in [0.3, 0.4) is 0 Å². The molecule has 1 atom stereocenters. The van der Waals surface area contributed by atoms with Crippen molar-refractivity contribution < 1.29 is 9.59 Å². The highest BCUT2D eigenvalue weighted by molar-refractivity contribution is 6.31. The molecule has 1 N–H and O–H groups in total. The van der Waals surface area contributed by atoms with Crippen molar-refractivity contribution in [1.82, 2.24) is 10.3 Å². The maximum absolute atomic E-state index is 12.9. The molecule has 0 aliphatic carbocycles. The minimum absolute atomic E-state index is 0.120. The number of fused-ring (bicyclic) bond motifs is 1. The number of rotatable bonds is 5. The molecular weight excluding hydrogens is 374 g/mol. The second kappa shape index (κ2) is 7.82. The van der Waals surface area contributed by atoms with Crippen LogP contribution in [0, 0.1) is 0 Å². The van der Waals surface area contributed by atoms with Gasteiger partial charge in [0, 0.05) is 23.5 Å². The van der Waals surface area contributed by atoms with Crippen molar-refractivity contribution in [1.29, 1.82) is 0 Å². The van der Waals surface area contributed by atoms with Gasteiger partial charge in [0.1, 0.15) is 0 Å². The Morgan fingerprint density at radius 3 is 2.57 bits per heavy atom. The number of nitrogens with one attached hydrogen (secondary N) is 1. The molecule has 5 nitrogen and oxygen atoms in total. The third kappa shape index (κ3) is 3.49. The number of carbonyl (C=O) groups excluding carboxylic acids is 2. The molecule has 1 unspecified atom stereocenters. The maximum Gasteiger partial charge on any atom is 0.260 e. The van der Waals surface area contributed by atoms with Gasteiger partial charge in [-0.15, -0.1) is 0 Å². The van der Waals surface area contributed by atoms with E-state index in [-0.39, 0.29) is 18.2 Å². The zero-order valence-electron chi connectivity index (χ0n) is 15.0. The average Bonchev–Trinajstić information content (AvgIpc) is 3.00. The van der Waals surface area contributed by atoms with Crippen molar-refractivity contribution in [3.8, 4) is 0 Å². The number of para-hydroxylation sites is 1. The third-order valence-corrected chi connectivity index (χ3v) is 5.13. The summed E-state index contributed by atoms with van der Waals surface area (Å²) in [5.74, 6) is -0.310. The molecule has 0 bridgehead atoms. The van der Waals surface area contributed by atoms with E-state index in [9.17, 15) is 9.59 Å². The Balaban J connectivity index is 1.56. The smallest absolute Gasteiger partial charge is 0.260 e. The largest absolute Gasteiger partial charge is 0.352 e. The van der Waals surface area contributed by atoms with Crippen LogP contribution in [0.4, 0.5) is 5.69 Å². The number of halogens is 1. The molecular formula is C22H18ClN3O2. The van der Waals surface area contributed by atoms with E-state index in [0.29, 0.717) is 22.8 Å². The molecule has 2 heterocycles. The number of benzene rings is 2. The van der Waals surface area contributed by atoms with Crippen molar-refractivity contribution >= 4 is 29.1 Å². The lowest BCUT2D eigenvalue weighted by atomic mass is 10.1. The van der Waals surface area contributed by atoms with E-state index in [1.54, 1.807) is 29.3 Å². The monoisotopic (exact) mass is 391 g/mol. The number of pyridine rings is 1. The number of hydrogen-bond donors (Lipinski definition) is 1. The first-order chi connectivity index (χ1) is 13.6. The van der Waals surface area contributed by atoms with Crippen LogP contribution in [0.2, 0.25) is 5.02 Å². The van der Waals surface area contributed by atoms with Gasteiger partial charge in [0.25, 0.3) is 5.91 Å². The van der Waals surface area contributed by atoms with Gasteiger partial charge in [-0.1, -0.05) is 48.0 Å². The van der Waals surface area contributed by atoms with Gasteiger partial charge >= 0.3 is 0 Å². The van der Waals surface area contributed by atoms with E-state index >= 15 is 0 Å². The molecule has 4 rings (SSSR count). The van der Waals surface area contributed by atoms with Crippen LogP contribution in [0.15, 0.2) is 72.9 Å². The fourth-order valence-electron chi connectivity index (χ4n) is 3.41. The minimum Gasteiger partial charge on any atom is -0.352 e. The lowest BCUT2D eigenvalue weighted by Gasteiger charge is -2.24. The summed E-state index contributed by atoms with van der Waals surface area (Å²) < 4.78 is 0. The van der Waals surface area contributed by atoms with Crippen LogP contribution in [0.25, 0.3) is 0 Å². The van der Waals surface area contributed by atoms with E-state index in [1.165, 1.54) is 0 Å². The van der Waals surface area contributed by atoms with Gasteiger partial charge < -0.3 is 5.32 Å². The van der Waals surface area contributed by atoms with Gasteiger partial charge in [-0.05, 0) is 35.9 Å². The van der Waals surface area contributed by atoms with Crippen LogP contribution < -0.4 is 10.2 Å². The molecule has 2 aromatic carbocycles. The summed E-state index contributed by atoms with van der Waals surface area (Å²) in [5.41, 5.74) is 2.76. The topological polar surface area (TPSA) is 62.3 Å². The summed E-state index contributed by atoms with van der Waals surface area (Å²) >= 11 is 6.15. The lowest BCUT2D eigenvalue weighted by molar-refractivity contribution is -0.121. The Labute approximate surface area is 168 Å². The first-order valence-electron chi connectivity index (χ1n) is 8.99. The molecule has 0 spiro atoms. The van der Waals surface area contributed by atoms with E-state index in [1.807, 2.05) is 48.5 Å². The molecule has 6 heteroatoms. The van der Waals surface area contributed by atoms with Gasteiger partial charge in [-0.3, -0.25) is 19.5 Å². The zero-order chi connectivity index (χ0) is 19.5. The zero-order valence-corrected chi connectivity index (χ0v) is 15.8. The lowest BCUT2D eigenvalue weighted by Crippen LogP contribution is -2.33. The second-order valence-corrected chi connectivity index (χ2v) is 6.94. The van der Waals surface area contributed by atoms with Gasteiger partial charge in [0.2, 0.25) is 5.91 Å². The van der Waals surface area contributed by atoms with E-state index < -0.39 is 6.04 Å². The third-order valence-electron chi connectivity index (χ3n) is 4.76. The van der Waals surface area contributed by atoms with Crippen molar-refractivity contribution in [2.24, 2.45) is 0 Å². The highest BCUT2D eigenvalue weighted by Gasteiger charge is 2.39. The molecule has 28 heavy (non-hydrogen) atoms. The van der Waals surface area contributed by atoms with Crippen molar-refractivity contribution in [2.45, 2.75) is 19.0 Å². The quantitative estimate of drug-likeness (QED) is 0.710. The van der Waals surface area contributed by atoms with E-state index in [2.05, 4.69) is 10.3 Å². The second-order valence-electron chi connectivity index (χ2n) is 6.53. The number of hydrogen-bond acceptors (Lipinski definition) is 3. The Hall–Kier alpha value is -3.18. The summed E-state index contributed by atoms with van der Waals surface area (Å²) in [7, 11) is 0. The summed E-state index contributed by atoms with van der Waals surface area (Å²) in [4.78, 5) is 31.6. The highest BCUT2D eigenvalue weighted by Crippen LogP contribution is 2.38. The standard InChI is InChI=1S/C22H18ClN3O2/c23-18-11-5-4-7-15(18)14-25-20(27)13-19-21-17(10-6-12-24-21)22(28)26(19)16-8-2-1-3-9-16/h1-12,19H,13-14H2,(H,25,27). The highest BCUT2D eigenvalue weighted by atomic mass is 35.5. The van der Waals surface area contributed by atoms with E-state index in [4.69, 9.17) is 11.6 Å². The Kier molecular flexibility index (Phi) is 5.08. The van der Waals surface area contributed by atoms with Gasteiger partial charge in [0.05, 0.1) is 23.7 Å². The molecule has 140 valence electrons. The summed E-state index contributed by atoms with van der Waals surface area (Å²) in [5, 5.41) is 3.50. The number of carbonyl (C=O) groups is 2. The summed E-state index contributed by atoms with van der Waals surface area (Å²) in [6.45, 7) is 0.333. The molecule has 0 radical (unpaired) electrons. The van der Waals surface area contributed by atoms with Gasteiger partial charge in [-0.2, -0.15) is 0 Å².